The second-order valence-electron chi connectivity index (χ2n) is 8.14. The highest BCUT2D eigenvalue weighted by Crippen LogP contribution is 2.29. The quantitative estimate of drug-likeness (QED) is 0.538. The number of fused-ring (bicyclic) bond motifs is 1. The van der Waals surface area contributed by atoms with E-state index >= 15 is 0 Å². The molecule has 0 unspecified atom stereocenters. The normalized spacial score (nSPS) is 14.8. The average molecular weight is 431 g/mol. The van der Waals surface area contributed by atoms with E-state index in [2.05, 4.69) is 10.1 Å². The number of H-pyrrole nitrogens is 1. The zero-order valence-electron chi connectivity index (χ0n) is 18.1. The molecule has 1 aliphatic heterocycles. The molecule has 1 N–H and O–H groups in total. The maximum Gasteiger partial charge on any atom is 0.350 e. The molecule has 3 heterocycles. The highest BCUT2D eigenvalue weighted by atomic mass is 16.5. The van der Waals surface area contributed by atoms with Crippen LogP contribution in [0, 0.1) is 0 Å². The van der Waals surface area contributed by atoms with Crippen molar-refractivity contribution in [2.45, 2.75) is 18.8 Å². The molecule has 32 heavy (non-hydrogen) atoms. The van der Waals surface area contributed by atoms with Gasteiger partial charge in [0.15, 0.2) is 0 Å². The highest BCUT2D eigenvalue weighted by molar-refractivity contribution is 5.98. The molecule has 1 fully saturated rings. The number of carbonyl (C=O) groups is 1. The molecule has 0 bridgehead atoms. The monoisotopic (exact) mass is 431 g/mol. The van der Waals surface area contributed by atoms with Gasteiger partial charge in [-0.1, -0.05) is 18.2 Å². The molecule has 0 radical (unpaired) electrons. The Labute approximate surface area is 185 Å². The van der Waals surface area contributed by atoms with E-state index in [1.165, 1.54) is 4.68 Å². The summed E-state index contributed by atoms with van der Waals surface area (Å²) in [5, 5.41) is 5.51. The van der Waals surface area contributed by atoms with Crippen LogP contribution in [0.15, 0.2) is 59.4 Å². The SMILES string of the molecule is COc1ccc2cc(C(=O)N3CCC(c4nn(C)c(=O)n4-c4ccccc4)CC3)[nH]c2c1. The summed E-state index contributed by atoms with van der Waals surface area (Å²) in [4.78, 5) is 30.9. The van der Waals surface area contributed by atoms with Gasteiger partial charge in [0.2, 0.25) is 0 Å². The molecule has 0 atom stereocenters. The van der Waals surface area contributed by atoms with E-state index in [1.807, 2.05) is 59.5 Å². The third kappa shape index (κ3) is 3.47. The molecule has 0 saturated carbocycles. The van der Waals surface area contributed by atoms with Gasteiger partial charge in [-0.05, 0) is 43.2 Å². The Morgan fingerprint density at radius 3 is 2.56 bits per heavy atom. The van der Waals surface area contributed by atoms with Crippen molar-refractivity contribution in [2.75, 3.05) is 20.2 Å². The minimum absolute atomic E-state index is 0.0138. The number of methoxy groups -OCH3 is 1. The molecule has 1 aliphatic rings. The molecule has 1 amide bonds. The Bertz CT molecular complexity index is 1330. The number of likely N-dealkylation sites (tertiary alicyclic amines) is 1. The van der Waals surface area contributed by atoms with Crippen molar-refractivity contribution in [1.29, 1.82) is 0 Å². The van der Waals surface area contributed by atoms with Gasteiger partial charge in [-0.3, -0.25) is 4.79 Å². The van der Waals surface area contributed by atoms with Gasteiger partial charge in [-0.25, -0.2) is 14.0 Å². The Kier molecular flexibility index (Phi) is 5.05. The van der Waals surface area contributed by atoms with Crippen LogP contribution in [0.1, 0.15) is 35.1 Å². The number of aromatic amines is 1. The first kappa shape index (κ1) is 20.1. The summed E-state index contributed by atoms with van der Waals surface area (Å²) in [6, 6.07) is 17.2. The smallest absolute Gasteiger partial charge is 0.350 e. The Morgan fingerprint density at radius 2 is 1.84 bits per heavy atom. The number of amides is 1. The summed E-state index contributed by atoms with van der Waals surface area (Å²) in [5.74, 6) is 1.60. The molecular weight excluding hydrogens is 406 g/mol. The Balaban J connectivity index is 1.34. The zero-order valence-corrected chi connectivity index (χ0v) is 18.1. The first-order chi connectivity index (χ1) is 15.5. The molecule has 8 nitrogen and oxygen atoms in total. The summed E-state index contributed by atoms with van der Waals surface area (Å²) < 4.78 is 8.34. The predicted octanol–water partition coefficient (Wildman–Crippen LogP) is 3.08. The van der Waals surface area contributed by atoms with Gasteiger partial charge in [0.05, 0.1) is 12.8 Å². The molecule has 2 aromatic carbocycles. The number of piperidine rings is 1. The fraction of sp³-hybridized carbons (Fsp3) is 0.292. The molecule has 8 heteroatoms. The number of aromatic nitrogens is 4. The largest absolute Gasteiger partial charge is 0.497 e. The minimum Gasteiger partial charge on any atom is -0.497 e. The van der Waals surface area contributed by atoms with Gasteiger partial charge in [0.25, 0.3) is 5.91 Å². The number of benzene rings is 2. The van der Waals surface area contributed by atoms with Gasteiger partial charge in [-0.15, -0.1) is 0 Å². The second kappa shape index (κ2) is 8.03. The number of rotatable bonds is 4. The van der Waals surface area contributed by atoms with Crippen molar-refractivity contribution in [3.8, 4) is 11.4 Å². The van der Waals surface area contributed by atoms with Gasteiger partial charge in [-0.2, -0.15) is 5.10 Å². The molecule has 0 spiro atoms. The molecule has 4 aromatic rings. The lowest BCUT2D eigenvalue weighted by atomic mass is 9.95. The Morgan fingerprint density at radius 1 is 1.09 bits per heavy atom. The third-order valence-electron chi connectivity index (χ3n) is 6.17. The Hall–Kier alpha value is -3.81. The van der Waals surface area contributed by atoms with Crippen LogP contribution >= 0.6 is 0 Å². The van der Waals surface area contributed by atoms with Gasteiger partial charge < -0.3 is 14.6 Å². The van der Waals surface area contributed by atoms with Crippen molar-refractivity contribution in [3.63, 3.8) is 0 Å². The lowest BCUT2D eigenvalue weighted by Gasteiger charge is -2.31. The average Bonchev–Trinajstić information content (AvgIpc) is 3.39. The van der Waals surface area contributed by atoms with Crippen LogP contribution < -0.4 is 10.4 Å². The lowest BCUT2D eigenvalue weighted by Crippen LogP contribution is -2.38. The van der Waals surface area contributed by atoms with E-state index in [1.54, 1.807) is 18.7 Å². The number of nitrogens with zero attached hydrogens (tertiary/aromatic N) is 4. The first-order valence-electron chi connectivity index (χ1n) is 10.7. The number of aryl methyl sites for hydroxylation is 1. The first-order valence-corrected chi connectivity index (χ1v) is 10.7. The molecule has 1 saturated heterocycles. The van der Waals surface area contributed by atoms with Crippen molar-refractivity contribution >= 4 is 16.8 Å². The van der Waals surface area contributed by atoms with Gasteiger partial charge in [0, 0.05) is 43.0 Å². The molecule has 0 aliphatic carbocycles. The summed E-state index contributed by atoms with van der Waals surface area (Å²) in [7, 11) is 3.30. The number of ether oxygens (including phenoxy) is 1. The van der Waals surface area contributed by atoms with Crippen LogP contribution in [0.4, 0.5) is 0 Å². The second-order valence-corrected chi connectivity index (χ2v) is 8.14. The van der Waals surface area contributed by atoms with Crippen molar-refractivity contribution < 1.29 is 9.53 Å². The number of hydrogen-bond donors (Lipinski definition) is 1. The summed E-state index contributed by atoms with van der Waals surface area (Å²) >= 11 is 0. The number of carbonyl (C=O) groups excluding carboxylic acids is 1. The summed E-state index contributed by atoms with van der Waals surface area (Å²) in [6.45, 7) is 1.23. The molecule has 164 valence electrons. The van der Waals surface area contributed by atoms with E-state index in [-0.39, 0.29) is 17.5 Å². The van der Waals surface area contributed by atoms with Gasteiger partial charge in [0.1, 0.15) is 17.3 Å². The summed E-state index contributed by atoms with van der Waals surface area (Å²) in [5.41, 5.74) is 2.11. The maximum absolute atomic E-state index is 13.1. The van der Waals surface area contributed by atoms with E-state index in [9.17, 15) is 9.59 Å². The molecule has 5 rings (SSSR count). The van der Waals surface area contributed by atoms with Crippen LogP contribution in [-0.2, 0) is 7.05 Å². The number of para-hydroxylation sites is 1. The fourth-order valence-electron chi connectivity index (χ4n) is 4.43. The van der Waals surface area contributed by atoms with E-state index in [4.69, 9.17) is 4.74 Å². The van der Waals surface area contributed by atoms with Crippen LogP contribution in [0.25, 0.3) is 16.6 Å². The third-order valence-corrected chi connectivity index (χ3v) is 6.17. The maximum atomic E-state index is 13.1. The minimum atomic E-state index is -0.154. The van der Waals surface area contributed by atoms with Crippen LogP contribution in [0.2, 0.25) is 0 Å². The lowest BCUT2D eigenvalue weighted by molar-refractivity contribution is 0.0705. The van der Waals surface area contributed by atoms with Crippen molar-refractivity contribution in [1.82, 2.24) is 24.2 Å². The van der Waals surface area contributed by atoms with Crippen LogP contribution in [0.3, 0.4) is 0 Å². The highest BCUT2D eigenvalue weighted by Gasteiger charge is 2.29. The van der Waals surface area contributed by atoms with E-state index in [0.29, 0.717) is 18.8 Å². The predicted molar refractivity (Wildman–Crippen MR) is 122 cm³/mol. The van der Waals surface area contributed by atoms with Crippen LogP contribution in [-0.4, -0.2) is 50.3 Å². The summed E-state index contributed by atoms with van der Waals surface area (Å²) in [6.07, 6.45) is 1.51. The zero-order chi connectivity index (χ0) is 22.2. The van der Waals surface area contributed by atoms with Gasteiger partial charge >= 0.3 is 5.69 Å². The fourth-order valence-corrected chi connectivity index (χ4v) is 4.43. The van der Waals surface area contributed by atoms with E-state index in [0.717, 1.165) is 41.0 Å². The molecule has 2 aromatic heterocycles. The molecular formula is C24H25N5O3. The topological polar surface area (TPSA) is 85.2 Å². The van der Waals surface area contributed by atoms with Crippen molar-refractivity contribution in [2.24, 2.45) is 7.05 Å². The number of hydrogen-bond acceptors (Lipinski definition) is 4. The number of nitrogens with one attached hydrogen (secondary N) is 1. The van der Waals surface area contributed by atoms with E-state index < -0.39 is 0 Å². The van der Waals surface area contributed by atoms with Crippen LogP contribution in [0.5, 0.6) is 5.75 Å². The van der Waals surface area contributed by atoms with Crippen molar-refractivity contribution in [3.05, 3.63) is 76.6 Å². The standard InChI is InChI=1S/C24H25N5O3/c1-27-24(31)29(18-6-4-3-5-7-18)22(26-27)16-10-12-28(13-11-16)23(30)21-14-17-8-9-19(32-2)15-20(17)25-21/h3-9,14-16,25H,10-13H2,1-2H3.